The highest BCUT2D eigenvalue weighted by Gasteiger charge is 2.38. The van der Waals surface area contributed by atoms with E-state index in [4.69, 9.17) is 16.6 Å². The van der Waals surface area contributed by atoms with Crippen LogP contribution in [0.4, 0.5) is 0 Å². The monoisotopic (exact) mass is 413 g/mol. The molecule has 5 heteroatoms. The Morgan fingerprint density at radius 3 is 2.81 bits per heavy atom. The Morgan fingerprint density at radius 2 is 2.19 bits per heavy atom. The summed E-state index contributed by atoms with van der Waals surface area (Å²) >= 11 is 8.43. The minimum absolute atomic E-state index is 0.166. The lowest BCUT2D eigenvalue weighted by Crippen LogP contribution is -2.39. The fraction of sp³-hybridized carbons (Fsp3) is 0.312. The standard InChI is InChI=1S/C16H17ClIN3/c1-11-19-8-5-15(21-11)20-10-16(6-2-7-16)12-3-4-13(17)14(18)9-12/h3-5,8-9,19H,1-2,6-7,10H2,(H,20,21). The maximum Gasteiger partial charge on any atom is 0.127 e. The molecule has 1 fully saturated rings. The molecule has 0 saturated heterocycles. The third kappa shape index (κ3) is 3.11. The van der Waals surface area contributed by atoms with Crippen molar-refractivity contribution in [2.75, 3.05) is 6.54 Å². The van der Waals surface area contributed by atoms with Crippen LogP contribution in [0.5, 0.6) is 0 Å². The fourth-order valence-corrected chi connectivity index (χ4v) is 3.38. The first-order valence-corrected chi connectivity index (χ1v) is 8.44. The van der Waals surface area contributed by atoms with E-state index in [1.54, 1.807) is 0 Å². The average molecular weight is 414 g/mol. The molecule has 110 valence electrons. The molecule has 1 saturated carbocycles. The zero-order chi connectivity index (χ0) is 14.9. The van der Waals surface area contributed by atoms with Gasteiger partial charge in [0.05, 0.1) is 11.6 Å². The van der Waals surface area contributed by atoms with Crippen molar-refractivity contribution in [3.05, 3.63) is 57.0 Å². The van der Waals surface area contributed by atoms with Crippen LogP contribution in [0.1, 0.15) is 24.8 Å². The number of aliphatic imine (C=N–C) groups is 1. The highest BCUT2D eigenvalue weighted by Crippen LogP contribution is 2.44. The van der Waals surface area contributed by atoms with Crippen LogP contribution >= 0.6 is 34.2 Å². The van der Waals surface area contributed by atoms with Crippen molar-refractivity contribution < 1.29 is 0 Å². The van der Waals surface area contributed by atoms with Gasteiger partial charge in [-0.05, 0) is 59.2 Å². The van der Waals surface area contributed by atoms with E-state index < -0.39 is 0 Å². The van der Waals surface area contributed by atoms with E-state index in [9.17, 15) is 0 Å². The largest absolute Gasteiger partial charge is 0.349 e. The predicted molar refractivity (Wildman–Crippen MR) is 96.6 cm³/mol. The van der Waals surface area contributed by atoms with Crippen LogP contribution in [0.3, 0.4) is 0 Å². The lowest BCUT2D eigenvalue weighted by Gasteiger charge is -2.41. The molecule has 1 aliphatic heterocycles. The molecule has 1 aromatic carbocycles. The molecule has 0 spiro atoms. The summed E-state index contributed by atoms with van der Waals surface area (Å²) in [4.78, 5) is 4.74. The Bertz CT molecular complexity index is 632. The third-order valence-electron chi connectivity index (χ3n) is 4.17. The molecule has 1 aliphatic carbocycles. The number of halogens is 2. The Hall–Kier alpha value is -1.01. The Morgan fingerprint density at radius 1 is 1.38 bits per heavy atom. The summed E-state index contributed by atoms with van der Waals surface area (Å²) in [7, 11) is 0. The highest BCUT2D eigenvalue weighted by molar-refractivity contribution is 14.1. The summed E-state index contributed by atoms with van der Waals surface area (Å²) in [5.41, 5.74) is 1.52. The molecule has 0 atom stereocenters. The molecule has 0 bridgehead atoms. The van der Waals surface area contributed by atoms with E-state index in [2.05, 4.69) is 51.9 Å². The Kier molecular flexibility index (Phi) is 4.26. The van der Waals surface area contributed by atoms with E-state index >= 15 is 0 Å². The smallest absolute Gasteiger partial charge is 0.127 e. The van der Waals surface area contributed by atoms with Crippen molar-refractivity contribution in [1.82, 2.24) is 10.6 Å². The van der Waals surface area contributed by atoms with Crippen LogP contribution in [-0.4, -0.2) is 12.4 Å². The Labute approximate surface area is 143 Å². The van der Waals surface area contributed by atoms with Crippen LogP contribution in [0.2, 0.25) is 5.02 Å². The SMILES string of the molecule is C=C1NC=CC(=NCC2(c3ccc(Cl)c(I)c3)CCC2)N1. The van der Waals surface area contributed by atoms with Gasteiger partial charge in [0, 0.05) is 15.2 Å². The molecule has 2 aliphatic rings. The molecule has 3 rings (SSSR count). The van der Waals surface area contributed by atoms with Gasteiger partial charge in [-0.1, -0.05) is 30.7 Å². The fourth-order valence-electron chi connectivity index (χ4n) is 2.75. The maximum absolute atomic E-state index is 6.14. The van der Waals surface area contributed by atoms with Crippen molar-refractivity contribution in [3.8, 4) is 0 Å². The highest BCUT2D eigenvalue weighted by atomic mass is 127. The van der Waals surface area contributed by atoms with Crippen molar-refractivity contribution in [2.24, 2.45) is 4.99 Å². The number of nitrogens with one attached hydrogen (secondary N) is 2. The van der Waals surface area contributed by atoms with Gasteiger partial charge < -0.3 is 10.6 Å². The molecule has 0 amide bonds. The minimum atomic E-state index is 0.166. The zero-order valence-corrected chi connectivity index (χ0v) is 14.5. The first-order chi connectivity index (χ1) is 10.1. The number of hydrogen-bond acceptors (Lipinski definition) is 2. The average Bonchev–Trinajstić information content (AvgIpc) is 2.41. The quantitative estimate of drug-likeness (QED) is 0.736. The molecule has 1 aromatic rings. The first-order valence-electron chi connectivity index (χ1n) is 6.98. The summed E-state index contributed by atoms with van der Waals surface area (Å²) in [6.07, 6.45) is 7.43. The van der Waals surface area contributed by atoms with Gasteiger partial charge in [-0.2, -0.15) is 0 Å². The second-order valence-electron chi connectivity index (χ2n) is 5.55. The molecule has 2 N–H and O–H groups in total. The van der Waals surface area contributed by atoms with Gasteiger partial charge in [0.1, 0.15) is 11.7 Å². The van der Waals surface area contributed by atoms with Crippen LogP contribution in [0.25, 0.3) is 0 Å². The van der Waals surface area contributed by atoms with Crippen molar-refractivity contribution >= 4 is 40.0 Å². The van der Waals surface area contributed by atoms with Crippen molar-refractivity contribution in [3.63, 3.8) is 0 Å². The van der Waals surface area contributed by atoms with E-state index in [-0.39, 0.29) is 5.41 Å². The topological polar surface area (TPSA) is 36.4 Å². The second-order valence-corrected chi connectivity index (χ2v) is 7.11. The maximum atomic E-state index is 6.14. The van der Waals surface area contributed by atoms with Gasteiger partial charge in [-0.25, -0.2) is 0 Å². The van der Waals surface area contributed by atoms with Gasteiger partial charge >= 0.3 is 0 Å². The molecular weight excluding hydrogens is 397 g/mol. The lowest BCUT2D eigenvalue weighted by molar-refractivity contribution is 0.253. The van der Waals surface area contributed by atoms with Crippen LogP contribution in [0.15, 0.2) is 47.9 Å². The Balaban J connectivity index is 1.82. The molecule has 1 heterocycles. The first kappa shape index (κ1) is 14.9. The van der Waals surface area contributed by atoms with Gasteiger partial charge in [0.15, 0.2) is 0 Å². The van der Waals surface area contributed by atoms with E-state index in [0.29, 0.717) is 0 Å². The van der Waals surface area contributed by atoms with Gasteiger partial charge in [0.25, 0.3) is 0 Å². The predicted octanol–water partition coefficient (Wildman–Crippen LogP) is 3.94. The van der Waals surface area contributed by atoms with Crippen LogP contribution in [-0.2, 0) is 5.41 Å². The van der Waals surface area contributed by atoms with Crippen LogP contribution < -0.4 is 10.6 Å². The van der Waals surface area contributed by atoms with E-state index in [1.165, 1.54) is 24.8 Å². The van der Waals surface area contributed by atoms with Crippen molar-refractivity contribution in [2.45, 2.75) is 24.7 Å². The molecule has 3 nitrogen and oxygen atoms in total. The van der Waals surface area contributed by atoms with E-state index in [1.807, 2.05) is 18.3 Å². The van der Waals surface area contributed by atoms with Gasteiger partial charge in [-0.3, -0.25) is 4.99 Å². The molecule has 0 unspecified atom stereocenters. The minimum Gasteiger partial charge on any atom is -0.349 e. The molecule has 0 radical (unpaired) electrons. The number of benzene rings is 1. The lowest BCUT2D eigenvalue weighted by atomic mass is 9.64. The second kappa shape index (κ2) is 6.01. The van der Waals surface area contributed by atoms with E-state index in [0.717, 1.165) is 26.8 Å². The van der Waals surface area contributed by atoms with Gasteiger partial charge in [0.2, 0.25) is 0 Å². The summed E-state index contributed by atoms with van der Waals surface area (Å²) in [5, 5.41) is 6.96. The van der Waals surface area contributed by atoms with Gasteiger partial charge in [-0.15, -0.1) is 0 Å². The summed E-state index contributed by atoms with van der Waals surface area (Å²) < 4.78 is 1.11. The molecule has 21 heavy (non-hydrogen) atoms. The summed E-state index contributed by atoms with van der Waals surface area (Å²) in [6, 6.07) is 6.34. The number of rotatable bonds is 3. The number of hydrogen-bond donors (Lipinski definition) is 2. The zero-order valence-electron chi connectivity index (χ0n) is 11.6. The van der Waals surface area contributed by atoms with Crippen molar-refractivity contribution in [1.29, 1.82) is 0 Å². The number of amidine groups is 1. The number of nitrogens with zero attached hydrogens (tertiary/aromatic N) is 1. The molecule has 0 aromatic heterocycles. The van der Waals surface area contributed by atoms with Crippen LogP contribution in [0, 0.1) is 3.57 Å². The molecular formula is C16H17ClIN3. The normalized spacial score (nSPS) is 21.6. The third-order valence-corrected chi connectivity index (χ3v) is 5.71. The summed E-state index contributed by atoms with van der Waals surface area (Å²) in [5.74, 6) is 1.63. The summed E-state index contributed by atoms with van der Waals surface area (Å²) in [6.45, 7) is 4.65.